The van der Waals surface area contributed by atoms with Crippen molar-refractivity contribution in [3.05, 3.63) is 83.1 Å². The zero-order valence-corrected chi connectivity index (χ0v) is 12.0. The number of hydrogen-bond acceptors (Lipinski definition) is 2. The van der Waals surface area contributed by atoms with Gasteiger partial charge in [-0.25, -0.2) is 4.98 Å². The molecule has 2 aromatic carbocycles. The molecule has 1 heterocycles. The summed E-state index contributed by atoms with van der Waals surface area (Å²) in [5, 5.41) is 4.07. The lowest BCUT2D eigenvalue weighted by atomic mass is 10.1. The first kappa shape index (κ1) is 12.4. The number of nitrogens with zero attached hydrogens (tertiary/aromatic N) is 1. The summed E-state index contributed by atoms with van der Waals surface area (Å²) < 4.78 is 0. The first-order valence-corrected chi connectivity index (χ1v) is 7.27. The second-order valence-corrected chi connectivity index (χ2v) is 5.51. The standard InChI is InChI=1S/C18H13ClN2/c19-17-10-9-12(11-20-17)21-18-15-7-3-1-5-13(15)14-6-2-4-8-16(14)18/h1-11,18,21H. The minimum Gasteiger partial charge on any atom is -0.373 e. The van der Waals surface area contributed by atoms with Gasteiger partial charge in [0.2, 0.25) is 0 Å². The van der Waals surface area contributed by atoms with E-state index in [4.69, 9.17) is 11.6 Å². The average Bonchev–Trinajstić information content (AvgIpc) is 2.85. The number of rotatable bonds is 2. The molecule has 0 aliphatic heterocycles. The van der Waals surface area contributed by atoms with Crippen molar-refractivity contribution in [1.29, 1.82) is 0 Å². The Morgan fingerprint density at radius 2 is 1.43 bits per heavy atom. The molecule has 4 rings (SSSR count). The van der Waals surface area contributed by atoms with E-state index < -0.39 is 0 Å². The molecule has 3 heteroatoms. The number of hydrogen-bond donors (Lipinski definition) is 1. The first-order chi connectivity index (χ1) is 10.3. The molecule has 0 bridgehead atoms. The third-order valence-corrected chi connectivity index (χ3v) is 4.10. The number of nitrogens with one attached hydrogen (secondary N) is 1. The molecule has 1 aliphatic rings. The van der Waals surface area contributed by atoms with Crippen molar-refractivity contribution in [1.82, 2.24) is 4.98 Å². The predicted octanol–water partition coefficient (Wildman–Crippen LogP) is 4.92. The van der Waals surface area contributed by atoms with Crippen molar-refractivity contribution in [2.75, 3.05) is 5.32 Å². The second-order valence-electron chi connectivity index (χ2n) is 5.12. The summed E-state index contributed by atoms with van der Waals surface area (Å²) in [4.78, 5) is 4.14. The zero-order valence-electron chi connectivity index (χ0n) is 11.3. The Hall–Kier alpha value is -2.32. The van der Waals surface area contributed by atoms with Crippen LogP contribution < -0.4 is 5.32 Å². The van der Waals surface area contributed by atoms with Crippen molar-refractivity contribution >= 4 is 17.3 Å². The fourth-order valence-corrected chi connectivity index (χ4v) is 3.05. The molecule has 0 amide bonds. The van der Waals surface area contributed by atoms with Gasteiger partial charge in [-0.1, -0.05) is 60.1 Å². The van der Waals surface area contributed by atoms with Crippen LogP contribution in [0.15, 0.2) is 66.9 Å². The molecule has 0 atom stereocenters. The van der Waals surface area contributed by atoms with Crippen LogP contribution in [0.25, 0.3) is 11.1 Å². The summed E-state index contributed by atoms with van der Waals surface area (Å²) in [6.45, 7) is 0. The Kier molecular flexibility index (Phi) is 2.90. The number of halogens is 1. The smallest absolute Gasteiger partial charge is 0.129 e. The summed E-state index contributed by atoms with van der Waals surface area (Å²) >= 11 is 5.85. The fourth-order valence-electron chi connectivity index (χ4n) is 2.94. The van der Waals surface area contributed by atoms with E-state index in [9.17, 15) is 0 Å². The average molecular weight is 293 g/mol. The van der Waals surface area contributed by atoms with E-state index in [0.717, 1.165) is 5.69 Å². The number of anilines is 1. The minimum atomic E-state index is 0.153. The summed E-state index contributed by atoms with van der Waals surface area (Å²) in [5.41, 5.74) is 6.17. The Morgan fingerprint density at radius 1 is 0.810 bits per heavy atom. The van der Waals surface area contributed by atoms with Crippen LogP contribution >= 0.6 is 11.6 Å². The Morgan fingerprint density at radius 3 is 2.00 bits per heavy atom. The topological polar surface area (TPSA) is 24.9 Å². The highest BCUT2D eigenvalue weighted by Gasteiger charge is 2.27. The lowest BCUT2D eigenvalue weighted by Gasteiger charge is -2.17. The maximum absolute atomic E-state index is 5.85. The van der Waals surface area contributed by atoms with E-state index in [2.05, 4.69) is 58.8 Å². The molecule has 102 valence electrons. The fraction of sp³-hybridized carbons (Fsp3) is 0.0556. The Bertz CT molecular complexity index is 751. The normalized spacial score (nSPS) is 12.8. The molecule has 1 N–H and O–H groups in total. The van der Waals surface area contributed by atoms with Crippen LogP contribution in [-0.2, 0) is 0 Å². The molecule has 0 spiro atoms. The van der Waals surface area contributed by atoms with Crippen LogP contribution in [0.4, 0.5) is 5.69 Å². The Labute approximate surface area is 128 Å². The highest BCUT2D eigenvalue weighted by Crippen LogP contribution is 2.44. The Balaban J connectivity index is 1.79. The second kappa shape index (κ2) is 4.90. The highest BCUT2D eigenvalue weighted by molar-refractivity contribution is 6.29. The van der Waals surface area contributed by atoms with Gasteiger partial charge in [0, 0.05) is 0 Å². The van der Waals surface area contributed by atoms with Crippen molar-refractivity contribution in [2.24, 2.45) is 0 Å². The van der Waals surface area contributed by atoms with Crippen molar-refractivity contribution < 1.29 is 0 Å². The molecule has 0 radical (unpaired) electrons. The van der Waals surface area contributed by atoms with Gasteiger partial charge >= 0.3 is 0 Å². The van der Waals surface area contributed by atoms with Gasteiger partial charge in [-0.2, -0.15) is 0 Å². The number of pyridine rings is 1. The molecular formula is C18H13ClN2. The molecule has 21 heavy (non-hydrogen) atoms. The zero-order chi connectivity index (χ0) is 14.2. The van der Waals surface area contributed by atoms with Gasteiger partial charge in [0.25, 0.3) is 0 Å². The molecule has 0 unspecified atom stereocenters. The minimum absolute atomic E-state index is 0.153. The van der Waals surface area contributed by atoms with E-state index in [-0.39, 0.29) is 6.04 Å². The van der Waals surface area contributed by atoms with Crippen molar-refractivity contribution in [2.45, 2.75) is 6.04 Å². The maximum Gasteiger partial charge on any atom is 0.129 e. The van der Waals surface area contributed by atoms with Crippen molar-refractivity contribution in [3.8, 4) is 11.1 Å². The van der Waals surface area contributed by atoms with E-state index in [1.807, 2.05) is 6.07 Å². The molecule has 0 fully saturated rings. The molecular weight excluding hydrogens is 280 g/mol. The van der Waals surface area contributed by atoms with Crippen LogP contribution in [0.2, 0.25) is 5.15 Å². The third kappa shape index (κ3) is 2.08. The summed E-state index contributed by atoms with van der Waals surface area (Å²) in [6.07, 6.45) is 1.77. The first-order valence-electron chi connectivity index (χ1n) is 6.89. The third-order valence-electron chi connectivity index (χ3n) is 3.87. The van der Waals surface area contributed by atoms with Gasteiger partial charge in [-0.3, -0.25) is 0 Å². The molecule has 3 aromatic rings. The van der Waals surface area contributed by atoms with Crippen molar-refractivity contribution in [3.63, 3.8) is 0 Å². The predicted molar refractivity (Wildman–Crippen MR) is 86.6 cm³/mol. The van der Waals surface area contributed by atoms with E-state index in [0.29, 0.717) is 5.15 Å². The molecule has 1 aromatic heterocycles. The van der Waals surface area contributed by atoms with Gasteiger partial charge in [0.05, 0.1) is 17.9 Å². The molecule has 0 saturated heterocycles. The van der Waals surface area contributed by atoms with Crippen LogP contribution in [0, 0.1) is 0 Å². The molecule has 1 aliphatic carbocycles. The molecule has 2 nitrogen and oxygen atoms in total. The highest BCUT2D eigenvalue weighted by atomic mass is 35.5. The van der Waals surface area contributed by atoms with Gasteiger partial charge in [0.1, 0.15) is 5.15 Å². The quantitative estimate of drug-likeness (QED) is 0.678. The maximum atomic E-state index is 5.85. The summed E-state index contributed by atoms with van der Waals surface area (Å²) in [6, 6.07) is 21.0. The van der Waals surface area contributed by atoms with E-state index in [1.54, 1.807) is 12.3 Å². The van der Waals surface area contributed by atoms with Crippen LogP contribution in [0.1, 0.15) is 17.2 Å². The van der Waals surface area contributed by atoms with Gasteiger partial charge in [0.15, 0.2) is 0 Å². The van der Waals surface area contributed by atoms with Crippen LogP contribution in [0.3, 0.4) is 0 Å². The van der Waals surface area contributed by atoms with Gasteiger partial charge in [-0.05, 0) is 34.4 Å². The van der Waals surface area contributed by atoms with Crippen LogP contribution in [0.5, 0.6) is 0 Å². The summed E-state index contributed by atoms with van der Waals surface area (Å²) in [5.74, 6) is 0. The van der Waals surface area contributed by atoms with E-state index >= 15 is 0 Å². The van der Waals surface area contributed by atoms with Crippen LogP contribution in [-0.4, -0.2) is 4.98 Å². The largest absolute Gasteiger partial charge is 0.373 e. The number of benzene rings is 2. The lowest BCUT2D eigenvalue weighted by molar-refractivity contribution is 0.970. The van der Waals surface area contributed by atoms with E-state index in [1.165, 1.54) is 22.3 Å². The SMILES string of the molecule is Clc1ccc(NC2c3ccccc3-c3ccccc32)cn1. The number of aromatic nitrogens is 1. The van der Waals surface area contributed by atoms with Gasteiger partial charge < -0.3 is 5.32 Å². The summed E-state index contributed by atoms with van der Waals surface area (Å²) in [7, 11) is 0. The monoisotopic (exact) mass is 292 g/mol. The number of fused-ring (bicyclic) bond motifs is 3. The lowest BCUT2D eigenvalue weighted by Crippen LogP contribution is -2.09. The molecule has 0 saturated carbocycles. The van der Waals surface area contributed by atoms with Gasteiger partial charge in [-0.15, -0.1) is 0 Å².